The third-order valence-corrected chi connectivity index (χ3v) is 0. The zero-order chi connectivity index (χ0) is 3.58. The minimum atomic E-state index is -2.17. The van der Waals surface area contributed by atoms with Gasteiger partial charge < -0.3 is 28.9 Å². The van der Waals surface area contributed by atoms with Crippen molar-refractivity contribution in [2.24, 2.45) is 0 Å². The molecular weight excluding hydrogens is 207 g/mol. The Morgan fingerprint density at radius 3 is 1.00 bits per heavy atom. The molecule has 0 radical (unpaired) electrons. The van der Waals surface area contributed by atoms with Crippen molar-refractivity contribution in [3.8, 4) is 0 Å². The molecule has 0 aromatic carbocycles. The molecule has 0 amide bonds. The molecule has 0 atom stereocenters. The van der Waals surface area contributed by atoms with Gasteiger partial charge in [0.05, 0.1) is 0 Å². The summed E-state index contributed by atoms with van der Waals surface area (Å²) in [4.78, 5) is 0. The minimum absolute atomic E-state index is 0. The van der Waals surface area contributed by atoms with Crippen LogP contribution in [0, 0.1) is 0 Å². The van der Waals surface area contributed by atoms with Crippen LogP contribution in [0.5, 0.6) is 0 Å². The Bertz CT molecular complexity index is 29.2. The summed E-state index contributed by atoms with van der Waals surface area (Å²) in [6, 6.07) is 0. The summed E-state index contributed by atoms with van der Waals surface area (Å²) in [6.07, 6.45) is 0. The normalized spacial score (nSPS) is 3.00. The molecule has 0 rings (SSSR count). The SMILES string of the molecule is O.O.OB(O)O.[AlH3].[H-].[H-].[Mg+2].[Zn]. The van der Waals surface area contributed by atoms with E-state index in [1.54, 1.807) is 0 Å². The third kappa shape index (κ3) is 186. The molecule has 0 aliphatic carbocycles. The first kappa shape index (κ1) is 45.1. The molecule has 0 aromatic heterocycles. The molecule has 7 N–H and O–H groups in total. The van der Waals surface area contributed by atoms with Crippen LogP contribution in [0.1, 0.15) is 2.85 Å². The maximum Gasteiger partial charge on any atom is 2.00 e. The van der Waals surface area contributed by atoms with Gasteiger partial charge in [-0.25, -0.2) is 0 Å². The van der Waals surface area contributed by atoms with Crippen LogP contribution in [0.2, 0.25) is 0 Å². The van der Waals surface area contributed by atoms with E-state index < -0.39 is 7.32 Å². The fraction of sp³-hybridized carbons (Fsp3) is 0. The van der Waals surface area contributed by atoms with E-state index in [0.29, 0.717) is 0 Å². The van der Waals surface area contributed by atoms with Crippen molar-refractivity contribution in [3.05, 3.63) is 0 Å². The Balaban J connectivity index is -0.00000000214. The van der Waals surface area contributed by atoms with Gasteiger partial charge in [-0.15, -0.1) is 0 Å². The zero-order valence-electron chi connectivity index (χ0n) is 6.33. The monoisotopic (exact) mass is 218 g/mol. The van der Waals surface area contributed by atoms with Gasteiger partial charge in [0.15, 0.2) is 17.4 Å². The van der Waals surface area contributed by atoms with Gasteiger partial charge in [0.1, 0.15) is 0 Å². The Morgan fingerprint density at radius 1 is 1.00 bits per heavy atom. The summed E-state index contributed by atoms with van der Waals surface area (Å²) in [7, 11) is -2.17. The molecule has 0 bridgehead atoms. The Morgan fingerprint density at radius 2 is 1.00 bits per heavy atom. The topological polar surface area (TPSA) is 124 Å². The van der Waals surface area contributed by atoms with Gasteiger partial charge in [-0.3, -0.25) is 0 Å². The van der Waals surface area contributed by atoms with Crippen molar-refractivity contribution >= 4 is 47.7 Å². The van der Waals surface area contributed by atoms with Crippen LogP contribution in [0.4, 0.5) is 0 Å². The summed E-state index contributed by atoms with van der Waals surface area (Å²) >= 11 is 0. The van der Waals surface area contributed by atoms with Crippen LogP contribution in [0.15, 0.2) is 0 Å². The first-order valence-electron chi connectivity index (χ1n) is 0.775. The van der Waals surface area contributed by atoms with Gasteiger partial charge in [-0.1, -0.05) is 0 Å². The average molecular weight is 220 g/mol. The standard InChI is InChI=1S/Al.BH3O3.Mg.2H2O.Zn.5H/c;2-1(3)4;;;;;;;;;/h;2-4H;;2*1H2;;;;;;/q;;+2;;;;;;;2*-1. The van der Waals surface area contributed by atoms with Crippen molar-refractivity contribution in [1.29, 1.82) is 0 Å². The molecule has 0 aliphatic heterocycles. The van der Waals surface area contributed by atoms with Crippen molar-refractivity contribution < 1.29 is 48.4 Å². The molecule has 9 heteroatoms. The molecule has 0 fully saturated rings. The molecule has 0 heterocycles. The molecule has 5 nitrogen and oxygen atoms in total. The van der Waals surface area contributed by atoms with Gasteiger partial charge in [0, 0.05) is 19.5 Å². The predicted octanol–water partition coefficient (Wildman–Crippen LogP) is -5.04. The van der Waals surface area contributed by atoms with Crippen LogP contribution in [-0.2, 0) is 19.5 Å². The molecule has 0 saturated carbocycles. The Hall–Kier alpha value is 1.79. The summed E-state index contributed by atoms with van der Waals surface area (Å²) in [5.41, 5.74) is 0. The first-order valence-corrected chi connectivity index (χ1v) is 0.775. The fourth-order valence-electron chi connectivity index (χ4n) is 0. The molecule has 0 saturated heterocycles. The van der Waals surface area contributed by atoms with E-state index in [-0.39, 0.29) is 73.7 Å². The molecule has 9 heavy (non-hydrogen) atoms. The van der Waals surface area contributed by atoms with Gasteiger partial charge in [0.25, 0.3) is 0 Å². The largest absolute Gasteiger partial charge is 2.00 e. The molecular formula is H12AlBMgO5Zn. The van der Waals surface area contributed by atoms with E-state index >= 15 is 0 Å². The third-order valence-electron chi connectivity index (χ3n) is 0. The van der Waals surface area contributed by atoms with E-state index in [1.807, 2.05) is 0 Å². The van der Waals surface area contributed by atoms with E-state index in [9.17, 15) is 0 Å². The summed E-state index contributed by atoms with van der Waals surface area (Å²) in [5, 5.41) is 21.5. The zero-order valence-corrected chi connectivity index (χ0v) is 8.71. The maximum atomic E-state index is 7.17. The number of hydrogen-bond donors (Lipinski definition) is 3. The van der Waals surface area contributed by atoms with E-state index in [0.717, 1.165) is 0 Å². The fourth-order valence-corrected chi connectivity index (χ4v) is 0. The average Bonchev–Trinajstić information content (AvgIpc) is 0.811. The molecule has 0 aliphatic rings. The van der Waals surface area contributed by atoms with Crippen molar-refractivity contribution in [3.63, 3.8) is 0 Å². The quantitative estimate of drug-likeness (QED) is 0.353. The van der Waals surface area contributed by atoms with Gasteiger partial charge in [-0.05, 0) is 0 Å². The van der Waals surface area contributed by atoms with Crippen molar-refractivity contribution in [2.75, 3.05) is 0 Å². The maximum absolute atomic E-state index is 7.17. The summed E-state index contributed by atoms with van der Waals surface area (Å²) in [6.45, 7) is 0. The second-order valence-corrected chi connectivity index (χ2v) is 0.346. The van der Waals surface area contributed by atoms with Crippen molar-refractivity contribution in [1.82, 2.24) is 0 Å². The Labute approximate surface area is 95.6 Å². The van der Waals surface area contributed by atoms with Gasteiger partial charge in [-0.2, -0.15) is 0 Å². The minimum Gasteiger partial charge on any atom is -1.00 e. The van der Waals surface area contributed by atoms with Crippen LogP contribution in [0.25, 0.3) is 0 Å². The van der Waals surface area contributed by atoms with Crippen molar-refractivity contribution in [2.45, 2.75) is 0 Å². The van der Waals surface area contributed by atoms with Crippen LogP contribution >= 0.6 is 0 Å². The summed E-state index contributed by atoms with van der Waals surface area (Å²) in [5.74, 6) is 0. The Kier molecular flexibility index (Phi) is 165. The van der Waals surface area contributed by atoms with Crippen LogP contribution in [-0.4, -0.2) is 73.8 Å². The van der Waals surface area contributed by atoms with Gasteiger partial charge >= 0.3 is 30.4 Å². The van der Waals surface area contributed by atoms with Crippen LogP contribution < -0.4 is 0 Å². The first-order chi connectivity index (χ1) is 1.73. The molecule has 52 valence electrons. The number of rotatable bonds is 0. The van der Waals surface area contributed by atoms with Crippen LogP contribution in [0.3, 0.4) is 0 Å². The second-order valence-electron chi connectivity index (χ2n) is 0.346. The molecule has 0 spiro atoms. The predicted molar refractivity (Wildman–Crippen MR) is 37.6 cm³/mol. The van der Waals surface area contributed by atoms with Gasteiger partial charge in [0.2, 0.25) is 0 Å². The summed E-state index contributed by atoms with van der Waals surface area (Å²) < 4.78 is 0. The molecule has 0 unspecified atom stereocenters. The molecule has 0 aromatic rings. The van der Waals surface area contributed by atoms with E-state index in [1.165, 1.54) is 0 Å². The van der Waals surface area contributed by atoms with E-state index in [2.05, 4.69) is 0 Å². The second kappa shape index (κ2) is 33.0. The van der Waals surface area contributed by atoms with E-state index in [4.69, 9.17) is 15.1 Å². The smallest absolute Gasteiger partial charge is 1.00 e. The number of hydrogen-bond acceptors (Lipinski definition) is 3.